The second-order valence-corrected chi connectivity index (χ2v) is 4.57. The van der Waals surface area contributed by atoms with E-state index in [1.807, 2.05) is 12.1 Å². The minimum Gasteiger partial charge on any atom is -0.382 e. The molecular formula is C11H10N4S. The summed E-state index contributed by atoms with van der Waals surface area (Å²) in [6.45, 7) is 2.08. The van der Waals surface area contributed by atoms with Gasteiger partial charge in [-0.05, 0) is 12.5 Å². The van der Waals surface area contributed by atoms with Crippen LogP contribution in [0, 0.1) is 6.92 Å². The van der Waals surface area contributed by atoms with Crippen LogP contribution in [0.5, 0.6) is 0 Å². The zero-order valence-corrected chi connectivity index (χ0v) is 9.53. The summed E-state index contributed by atoms with van der Waals surface area (Å²) in [5, 5.41) is 5.43. The molecule has 5 heteroatoms. The van der Waals surface area contributed by atoms with Crippen LogP contribution in [-0.4, -0.2) is 14.6 Å². The average Bonchev–Trinajstić information content (AvgIpc) is 2.75. The van der Waals surface area contributed by atoms with Gasteiger partial charge in [0.25, 0.3) is 0 Å². The van der Waals surface area contributed by atoms with Crippen molar-refractivity contribution in [3.63, 3.8) is 0 Å². The first kappa shape index (κ1) is 9.35. The fourth-order valence-corrected chi connectivity index (χ4v) is 2.62. The molecule has 0 unspecified atom stereocenters. The number of hydrogen-bond donors (Lipinski definition) is 1. The van der Waals surface area contributed by atoms with Crippen LogP contribution in [-0.2, 0) is 0 Å². The van der Waals surface area contributed by atoms with Crippen molar-refractivity contribution < 1.29 is 0 Å². The molecule has 0 fully saturated rings. The van der Waals surface area contributed by atoms with E-state index < -0.39 is 0 Å². The van der Waals surface area contributed by atoms with Crippen molar-refractivity contribution >= 4 is 22.1 Å². The number of imidazole rings is 1. The second-order valence-electron chi connectivity index (χ2n) is 3.62. The van der Waals surface area contributed by atoms with Gasteiger partial charge in [0.2, 0.25) is 4.96 Å². The Morgan fingerprint density at radius 3 is 2.88 bits per heavy atom. The van der Waals surface area contributed by atoms with Gasteiger partial charge in [0.15, 0.2) is 0 Å². The first-order valence-electron chi connectivity index (χ1n) is 4.92. The Kier molecular flexibility index (Phi) is 1.94. The van der Waals surface area contributed by atoms with Gasteiger partial charge in [-0.25, -0.2) is 9.50 Å². The molecule has 0 saturated carbocycles. The number of aromatic nitrogens is 3. The van der Waals surface area contributed by atoms with Crippen LogP contribution in [0.2, 0.25) is 0 Å². The molecule has 0 aliphatic carbocycles. The summed E-state index contributed by atoms with van der Waals surface area (Å²) in [6.07, 6.45) is 1.73. The highest BCUT2D eigenvalue weighted by atomic mass is 32.1. The summed E-state index contributed by atoms with van der Waals surface area (Å²) >= 11 is 1.55. The van der Waals surface area contributed by atoms with E-state index >= 15 is 0 Å². The number of benzene rings is 1. The molecule has 0 aliphatic rings. The SMILES string of the molecule is Cc1ccccc1-c1nn2cc(N)nc2s1. The maximum atomic E-state index is 5.59. The number of aryl methyl sites for hydroxylation is 1. The van der Waals surface area contributed by atoms with Gasteiger partial charge < -0.3 is 5.73 Å². The van der Waals surface area contributed by atoms with Crippen molar-refractivity contribution in [2.75, 3.05) is 5.73 Å². The zero-order valence-electron chi connectivity index (χ0n) is 8.71. The first-order chi connectivity index (χ1) is 7.74. The lowest BCUT2D eigenvalue weighted by atomic mass is 10.1. The standard InChI is InChI=1S/C11H10N4S/c1-7-4-2-3-5-8(7)10-14-15-6-9(12)13-11(15)16-10/h2-6H,12H2,1H3. The summed E-state index contributed by atoms with van der Waals surface area (Å²) in [7, 11) is 0. The van der Waals surface area contributed by atoms with Crippen LogP contribution < -0.4 is 5.73 Å². The van der Waals surface area contributed by atoms with Crippen LogP contribution >= 0.6 is 11.3 Å². The van der Waals surface area contributed by atoms with E-state index in [1.54, 1.807) is 22.0 Å². The normalized spacial score (nSPS) is 11.1. The molecule has 4 nitrogen and oxygen atoms in total. The Morgan fingerprint density at radius 1 is 1.31 bits per heavy atom. The molecule has 2 aromatic heterocycles. The Labute approximate surface area is 96.4 Å². The zero-order chi connectivity index (χ0) is 11.1. The molecule has 1 aromatic carbocycles. The molecule has 2 N–H and O–H groups in total. The third-order valence-corrected chi connectivity index (χ3v) is 3.39. The summed E-state index contributed by atoms with van der Waals surface area (Å²) in [6, 6.07) is 8.18. The lowest BCUT2D eigenvalue weighted by molar-refractivity contribution is 0.978. The quantitative estimate of drug-likeness (QED) is 0.698. The highest BCUT2D eigenvalue weighted by Crippen LogP contribution is 2.28. The molecule has 0 bridgehead atoms. The van der Waals surface area contributed by atoms with Gasteiger partial charge in [-0.15, -0.1) is 0 Å². The molecule has 80 valence electrons. The molecule has 2 heterocycles. The van der Waals surface area contributed by atoms with Gasteiger partial charge in [0.1, 0.15) is 10.8 Å². The smallest absolute Gasteiger partial charge is 0.214 e. The number of rotatable bonds is 1. The lowest BCUT2D eigenvalue weighted by Gasteiger charge is -1.99. The number of hydrogen-bond acceptors (Lipinski definition) is 4. The van der Waals surface area contributed by atoms with E-state index in [-0.39, 0.29) is 0 Å². The number of anilines is 1. The van der Waals surface area contributed by atoms with Crippen LogP contribution in [0.4, 0.5) is 5.82 Å². The van der Waals surface area contributed by atoms with Gasteiger partial charge in [-0.1, -0.05) is 35.6 Å². The maximum Gasteiger partial charge on any atom is 0.214 e. The van der Waals surface area contributed by atoms with Gasteiger partial charge >= 0.3 is 0 Å². The molecule has 0 amide bonds. The third-order valence-electron chi connectivity index (χ3n) is 2.44. The Hall–Kier alpha value is -1.88. The Bertz CT molecular complexity index is 621. The predicted molar refractivity (Wildman–Crippen MR) is 65.4 cm³/mol. The molecule has 0 radical (unpaired) electrons. The second kappa shape index (κ2) is 3.31. The van der Waals surface area contributed by atoms with Crippen LogP contribution in [0.15, 0.2) is 30.5 Å². The molecule has 0 atom stereocenters. The van der Waals surface area contributed by atoms with E-state index in [0.717, 1.165) is 15.5 Å². The summed E-state index contributed by atoms with van der Waals surface area (Å²) in [4.78, 5) is 5.02. The van der Waals surface area contributed by atoms with Crippen molar-refractivity contribution in [1.29, 1.82) is 0 Å². The van der Waals surface area contributed by atoms with Crippen molar-refractivity contribution in [2.24, 2.45) is 0 Å². The van der Waals surface area contributed by atoms with E-state index in [1.165, 1.54) is 5.56 Å². The molecular weight excluding hydrogens is 220 g/mol. The largest absolute Gasteiger partial charge is 0.382 e. The summed E-state index contributed by atoms with van der Waals surface area (Å²) in [5.41, 5.74) is 7.95. The van der Waals surface area contributed by atoms with E-state index in [0.29, 0.717) is 5.82 Å². The van der Waals surface area contributed by atoms with Crippen molar-refractivity contribution in [2.45, 2.75) is 6.92 Å². The van der Waals surface area contributed by atoms with E-state index in [9.17, 15) is 0 Å². The van der Waals surface area contributed by atoms with E-state index in [4.69, 9.17) is 5.73 Å². The minimum absolute atomic E-state index is 0.509. The van der Waals surface area contributed by atoms with Gasteiger partial charge in [-0.3, -0.25) is 0 Å². The monoisotopic (exact) mass is 230 g/mol. The van der Waals surface area contributed by atoms with Gasteiger partial charge in [0.05, 0.1) is 6.20 Å². The van der Waals surface area contributed by atoms with Crippen LogP contribution in [0.1, 0.15) is 5.56 Å². The maximum absolute atomic E-state index is 5.59. The fourth-order valence-electron chi connectivity index (χ4n) is 1.64. The summed E-state index contributed by atoms with van der Waals surface area (Å²) in [5.74, 6) is 0.509. The molecule has 16 heavy (non-hydrogen) atoms. The highest BCUT2D eigenvalue weighted by Gasteiger charge is 2.09. The van der Waals surface area contributed by atoms with E-state index in [2.05, 4.69) is 29.1 Å². The number of nitrogens with two attached hydrogens (primary N) is 1. The average molecular weight is 230 g/mol. The molecule has 0 aliphatic heterocycles. The van der Waals surface area contributed by atoms with Gasteiger partial charge in [-0.2, -0.15) is 5.10 Å². The van der Waals surface area contributed by atoms with Crippen LogP contribution in [0.25, 0.3) is 15.5 Å². The molecule has 3 aromatic rings. The Morgan fingerprint density at radius 2 is 2.12 bits per heavy atom. The Balaban J connectivity index is 2.19. The lowest BCUT2D eigenvalue weighted by Crippen LogP contribution is -1.86. The molecule has 3 rings (SSSR count). The highest BCUT2D eigenvalue weighted by molar-refractivity contribution is 7.19. The number of fused-ring (bicyclic) bond motifs is 1. The molecule has 0 saturated heterocycles. The van der Waals surface area contributed by atoms with Crippen LogP contribution in [0.3, 0.4) is 0 Å². The van der Waals surface area contributed by atoms with Crippen molar-refractivity contribution in [3.05, 3.63) is 36.0 Å². The van der Waals surface area contributed by atoms with Gasteiger partial charge in [0, 0.05) is 5.56 Å². The minimum atomic E-state index is 0.509. The number of nitrogen functional groups attached to an aromatic ring is 1. The summed E-state index contributed by atoms with van der Waals surface area (Å²) < 4.78 is 1.72. The van der Waals surface area contributed by atoms with Crippen molar-refractivity contribution in [1.82, 2.24) is 14.6 Å². The van der Waals surface area contributed by atoms with Crippen molar-refractivity contribution in [3.8, 4) is 10.6 Å². The predicted octanol–water partition coefficient (Wildman–Crippen LogP) is 2.35. The number of nitrogens with zero attached hydrogens (tertiary/aromatic N) is 3. The third kappa shape index (κ3) is 1.37. The topological polar surface area (TPSA) is 56.2 Å². The first-order valence-corrected chi connectivity index (χ1v) is 5.73. The fraction of sp³-hybridized carbons (Fsp3) is 0.0909. The molecule has 0 spiro atoms.